The lowest BCUT2D eigenvalue weighted by atomic mass is 10.0. The van der Waals surface area contributed by atoms with E-state index in [0.29, 0.717) is 84.0 Å². The molecule has 2 aliphatic rings. The minimum absolute atomic E-state index is 0. The molecule has 3 amide bonds. The molecule has 0 aliphatic carbocycles. The van der Waals surface area contributed by atoms with Gasteiger partial charge in [0, 0.05) is 56.4 Å². The molecular formula is C63H74F2N10O7. The molecule has 2 aliphatic heterocycles. The normalized spacial score (nSPS) is 14.5. The number of rotatable bonds is 15. The molecule has 4 aromatic carbocycles. The largest absolute Gasteiger partial charge is 0.478 e. The number of aromatic carboxylic acids is 1. The van der Waals surface area contributed by atoms with Crippen LogP contribution in [0.1, 0.15) is 118 Å². The van der Waals surface area contributed by atoms with Gasteiger partial charge in [0.1, 0.15) is 40.0 Å². The van der Waals surface area contributed by atoms with Crippen LogP contribution in [0.5, 0.6) is 0 Å². The van der Waals surface area contributed by atoms with E-state index in [0.717, 1.165) is 43.4 Å². The minimum atomic E-state index is -1.10. The van der Waals surface area contributed by atoms with Gasteiger partial charge in [0.25, 0.3) is 5.91 Å². The third-order valence-electron chi connectivity index (χ3n) is 12.9. The van der Waals surface area contributed by atoms with E-state index in [1.807, 2.05) is 59.7 Å². The van der Waals surface area contributed by atoms with Crippen LogP contribution in [0, 0.1) is 34.3 Å². The summed E-state index contributed by atoms with van der Waals surface area (Å²) >= 11 is 0. The first-order valence-corrected chi connectivity index (χ1v) is 26.9. The van der Waals surface area contributed by atoms with Crippen LogP contribution in [-0.2, 0) is 22.3 Å². The van der Waals surface area contributed by atoms with Crippen molar-refractivity contribution >= 4 is 35.7 Å². The molecule has 0 unspecified atom stereocenters. The maximum Gasteiger partial charge on any atom is 0.410 e. The van der Waals surface area contributed by atoms with Crippen LogP contribution < -0.4 is 21.7 Å². The van der Waals surface area contributed by atoms with Crippen molar-refractivity contribution in [3.05, 3.63) is 166 Å². The van der Waals surface area contributed by atoms with Gasteiger partial charge in [-0.05, 0) is 152 Å². The summed E-state index contributed by atoms with van der Waals surface area (Å²) in [7, 11) is 0. The van der Waals surface area contributed by atoms with Crippen LogP contribution in [0.15, 0.2) is 121 Å². The van der Waals surface area contributed by atoms with E-state index in [2.05, 4.69) is 33.1 Å². The fourth-order valence-corrected chi connectivity index (χ4v) is 9.04. The predicted octanol–water partition coefficient (Wildman–Crippen LogP) is 11.6. The van der Waals surface area contributed by atoms with Gasteiger partial charge in [-0.15, -0.1) is 0 Å². The van der Waals surface area contributed by atoms with Crippen molar-refractivity contribution in [3.8, 4) is 34.7 Å². The Morgan fingerprint density at radius 1 is 0.646 bits per heavy atom. The molecule has 17 nitrogen and oxygen atoms in total. The number of ether oxygens (including phenoxy) is 2. The van der Waals surface area contributed by atoms with Crippen molar-refractivity contribution < 1.29 is 42.5 Å². The summed E-state index contributed by atoms with van der Waals surface area (Å²) in [5.41, 5.74) is 9.81. The van der Waals surface area contributed by atoms with Gasteiger partial charge in [0.2, 0.25) is 0 Å². The van der Waals surface area contributed by atoms with Crippen molar-refractivity contribution in [1.82, 2.24) is 25.1 Å². The van der Waals surface area contributed by atoms with Crippen LogP contribution >= 0.6 is 0 Å². The SMILES string of the molecule is C.CC(C)(C)OC(=O)N1CCC[C@@H]1CN.CC(C)(C)OC(=O)N1CCC[C@@H]1CNC(=O)c1ccc(-c2ccccc2C#N)nc1NCCc1cccc(F)c1.N#Cc1ccccc1-c1ccc(C(=O)O)c(NCCc2cccc(F)c2)n1. The van der Waals surface area contributed by atoms with Gasteiger partial charge >= 0.3 is 18.2 Å². The highest BCUT2D eigenvalue weighted by Crippen LogP contribution is 2.28. The highest BCUT2D eigenvalue weighted by Gasteiger charge is 2.33. The number of pyridine rings is 2. The van der Waals surface area contributed by atoms with E-state index >= 15 is 0 Å². The Bertz CT molecular complexity index is 3240. The lowest BCUT2D eigenvalue weighted by Gasteiger charge is -2.28. The fourth-order valence-electron chi connectivity index (χ4n) is 9.04. The number of hydrogen-bond donors (Lipinski definition) is 5. The fraction of sp³-hybridized carbons (Fsp3) is 0.365. The van der Waals surface area contributed by atoms with E-state index in [1.165, 1.54) is 30.3 Å². The molecule has 4 heterocycles. The summed E-state index contributed by atoms with van der Waals surface area (Å²) in [6.45, 7) is 14.1. The van der Waals surface area contributed by atoms with Gasteiger partial charge in [-0.2, -0.15) is 10.5 Å². The average Bonchev–Trinajstić information content (AvgIpc) is 4.13. The standard InChI is InChI=1S/C31H34FN5O3.C21H16FN3O2.C10H20N2O2.CH4/c1-31(2,3)40-30(39)37-17-7-11-24(37)20-35-29(38)26-13-14-27(25-12-5-4-9-22(25)19-33)36-28(26)34-16-15-21-8-6-10-23(32)18-21;22-16-6-3-4-14(12-16)10-11-24-20-18(21(26)27)8-9-19(25-20)17-7-2-1-5-15(17)13-23;1-10(2,3)14-9(13)12-6-4-5-8(12)7-11;/h4-6,8-10,12-14,18,24H,7,11,15-17,20H2,1-3H3,(H,34,36)(H,35,38);1-9,12H,10-11H2,(H,24,25)(H,26,27);8H,4-7,11H2,1-3H3;1H4/t24-;;8-;/m1.1./s1. The first-order valence-electron chi connectivity index (χ1n) is 26.9. The van der Waals surface area contributed by atoms with Gasteiger partial charge < -0.3 is 46.1 Å². The Hall–Kier alpha value is -8.94. The predicted molar refractivity (Wildman–Crippen MR) is 313 cm³/mol. The van der Waals surface area contributed by atoms with Crippen LogP contribution in [0.3, 0.4) is 0 Å². The number of nitriles is 2. The third-order valence-corrected chi connectivity index (χ3v) is 12.9. The summed E-state index contributed by atoms with van der Waals surface area (Å²) in [5, 5.41) is 37.4. The molecular weight excluding hydrogens is 1050 g/mol. The molecule has 0 bridgehead atoms. The van der Waals surface area contributed by atoms with Gasteiger partial charge in [0.05, 0.1) is 46.3 Å². The quantitative estimate of drug-likeness (QED) is 0.0642. The molecule has 0 radical (unpaired) electrons. The molecule has 19 heteroatoms. The summed E-state index contributed by atoms with van der Waals surface area (Å²) in [5.74, 6) is -1.49. The number of amides is 3. The summed E-state index contributed by atoms with van der Waals surface area (Å²) in [4.78, 5) is 61.7. The van der Waals surface area contributed by atoms with Gasteiger partial charge in [-0.1, -0.05) is 68.1 Å². The monoisotopic (exact) mass is 1120 g/mol. The summed E-state index contributed by atoms with van der Waals surface area (Å²) in [6, 6.07) is 37.5. The van der Waals surface area contributed by atoms with E-state index in [1.54, 1.807) is 82.6 Å². The number of anilines is 2. The number of carbonyl (C=O) groups excluding carboxylic acids is 3. The van der Waals surface area contributed by atoms with Gasteiger partial charge in [-0.25, -0.2) is 33.1 Å². The number of nitrogens with zero attached hydrogens (tertiary/aromatic N) is 6. The second-order valence-electron chi connectivity index (χ2n) is 21.3. The molecule has 2 aromatic heterocycles. The van der Waals surface area contributed by atoms with E-state index in [4.69, 9.17) is 20.2 Å². The minimum Gasteiger partial charge on any atom is -0.478 e. The number of carboxylic acid groups (broad SMARTS) is 1. The zero-order valence-corrected chi connectivity index (χ0v) is 46.6. The van der Waals surface area contributed by atoms with Gasteiger partial charge in [-0.3, -0.25) is 4.79 Å². The number of aromatic nitrogens is 2. The number of halogens is 2. The number of nitrogens with two attached hydrogens (primary N) is 1. The second-order valence-corrected chi connectivity index (χ2v) is 21.3. The topological polar surface area (TPSA) is 249 Å². The van der Waals surface area contributed by atoms with E-state index in [9.17, 15) is 43.6 Å². The van der Waals surface area contributed by atoms with Crippen LogP contribution in [0.25, 0.3) is 22.5 Å². The molecule has 8 rings (SSSR count). The van der Waals surface area contributed by atoms with Crippen LogP contribution in [0.4, 0.5) is 30.0 Å². The number of likely N-dealkylation sites (tertiary alicyclic amines) is 2. The molecule has 0 saturated carbocycles. The summed E-state index contributed by atoms with van der Waals surface area (Å²) < 4.78 is 37.7. The number of hydrogen-bond acceptors (Lipinski definition) is 13. The number of nitrogens with one attached hydrogen (secondary N) is 3. The lowest BCUT2D eigenvalue weighted by Crippen LogP contribution is -2.45. The highest BCUT2D eigenvalue weighted by molar-refractivity contribution is 5.99. The maximum absolute atomic E-state index is 13.6. The Balaban J connectivity index is 0.000000252. The zero-order valence-electron chi connectivity index (χ0n) is 46.6. The smallest absolute Gasteiger partial charge is 0.410 e. The zero-order chi connectivity index (χ0) is 58.7. The first-order chi connectivity index (χ1) is 38.7. The third kappa shape index (κ3) is 18.8. The van der Waals surface area contributed by atoms with E-state index in [-0.39, 0.29) is 67.2 Å². The molecule has 0 spiro atoms. The van der Waals surface area contributed by atoms with Crippen molar-refractivity contribution in [2.75, 3.05) is 49.9 Å². The Morgan fingerprint density at radius 2 is 1.09 bits per heavy atom. The second kappa shape index (κ2) is 30.0. The molecule has 6 N–H and O–H groups in total. The van der Waals surface area contributed by atoms with Crippen molar-refractivity contribution in [3.63, 3.8) is 0 Å². The molecule has 2 atom stereocenters. The Kier molecular flexibility index (Phi) is 23.4. The van der Waals surface area contributed by atoms with Crippen molar-refractivity contribution in [2.24, 2.45) is 5.73 Å². The summed E-state index contributed by atoms with van der Waals surface area (Å²) in [6.07, 6.45) is 4.04. The molecule has 2 saturated heterocycles. The Morgan fingerprint density at radius 3 is 1.52 bits per heavy atom. The number of benzene rings is 4. The lowest BCUT2D eigenvalue weighted by molar-refractivity contribution is 0.0218. The highest BCUT2D eigenvalue weighted by atomic mass is 19.1. The van der Waals surface area contributed by atoms with Crippen molar-refractivity contribution in [1.29, 1.82) is 10.5 Å². The van der Waals surface area contributed by atoms with Gasteiger partial charge in [0.15, 0.2) is 0 Å². The number of carbonyl (C=O) groups is 4. The number of carboxylic acids is 1. The average molecular weight is 1120 g/mol. The molecule has 432 valence electrons. The van der Waals surface area contributed by atoms with Crippen molar-refractivity contribution in [2.45, 2.75) is 111 Å². The first kappa shape index (κ1) is 63.9. The molecule has 2 fully saturated rings. The van der Waals surface area contributed by atoms with Crippen LogP contribution in [0.2, 0.25) is 0 Å². The van der Waals surface area contributed by atoms with E-state index < -0.39 is 17.2 Å². The molecule has 82 heavy (non-hydrogen) atoms. The Labute approximate surface area is 479 Å². The molecule has 6 aromatic rings. The maximum atomic E-state index is 13.6. The van der Waals surface area contributed by atoms with Crippen LogP contribution in [-0.4, -0.2) is 111 Å².